The second-order valence-electron chi connectivity index (χ2n) is 8.25. The summed E-state index contributed by atoms with van der Waals surface area (Å²) in [5, 5.41) is 3.12. The van der Waals surface area contributed by atoms with E-state index in [-0.39, 0.29) is 16.6 Å². The summed E-state index contributed by atoms with van der Waals surface area (Å²) in [6, 6.07) is 14.7. The average Bonchev–Trinajstić information content (AvgIpc) is 2.64. The van der Waals surface area contributed by atoms with Gasteiger partial charge in [-0.25, -0.2) is 0 Å². The van der Waals surface area contributed by atoms with Crippen molar-refractivity contribution in [2.45, 2.75) is 57.1 Å². The fourth-order valence-corrected chi connectivity index (χ4v) is 3.64. The molecular weight excluding hydrogens is 354 g/mol. The Morgan fingerprint density at radius 1 is 1.11 bits per heavy atom. The summed E-state index contributed by atoms with van der Waals surface area (Å²) in [5.41, 5.74) is 4.84. The fraction of sp³-hybridized carbons (Fsp3) is 0.435. The standard InChI is InChI=1S/C23H29NO2S/c1-23(2,3)18-9-6-16(7-10-18)21(27)5-4-14-26-19-11-12-20-17(15-19)8-13-22(25)24-20/h6-7,9-12,15,21,27H,4-5,8,13-14H2,1-3H3,(H,24,25). The Labute approximate surface area is 167 Å². The molecule has 1 unspecified atom stereocenters. The van der Waals surface area contributed by atoms with Gasteiger partial charge in [0.05, 0.1) is 6.61 Å². The molecule has 1 atom stereocenters. The van der Waals surface area contributed by atoms with Gasteiger partial charge in [-0.1, -0.05) is 45.0 Å². The van der Waals surface area contributed by atoms with Crippen LogP contribution in [0.2, 0.25) is 0 Å². The van der Waals surface area contributed by atoms with Crippen molar-refractivity contribution in [2.24, 2.45) is 0 Å². The number of hydrogen-bond acceptors (Lipinski definition) is 3. The third kappa shape index (κ3) is 5.29. The number of rotatable bonds is 6. The largest absolute Gasteiger partial charge is 0.494 e. The minimum atomic E-state index is 0.0894. The number of benzene rings is 2. The second kappa shape index (κ2) is 8.39. The maximum Gasteiger partial charge on any atom is 0.224 e. The summed E-state index contributed by atoms with van der Waals surface area (Å²) >= 11 is 4.76. The van der Waals surface area contributed by atoms with E-state index in [0.717, 1.165) is 36.3 Å². The van der Waals surface area contributed by atoms with Crippen LogP contribution in [0.5, 0.6) is 5.75 Å². The number of ether oxygens (including phenoxy) is 1. The minimum absolute atomic E-state index is 0.0894. The Hall–Kier alpha value is -1.94. The molecule has 2 aromatic rings. The first-order valence-electron chi connectivity index (χ1n) is 9.67. The molecule has 3 rings (SSSR count). The quantitative estimate of drug-likeness (QED) is 0.496. The lowest BCUT2D eigenvalue weighted by molar-refractivity contribution is -0.116. The van der Waals surface area contributed by atoms with E-state index in [1.54, 1.807) is 0 Å². The van der Waals surface area contributed by atoms with Gasteiger partial charge in [-0.3, -0.25) is 4.79 Å². The number of hydrogen-bond donors (Lipinski definition) is 2. The van der Waals surface area contributed by atoms with Gasteiger partial charge in [0.25, 0.3) is 0 Å². The van der Waals surface area contributed by atoms with E-state index < -0.39 is 0 Å². The highest BCUT2D eigenvalue weighted by atomic mass is 32.1. The number of carbonyl (C=O) groups is 1. The average molecular weight is 384 g/mol. The Bertz CT molecular complexity index is 793. The van der Waals surface area contributed by atoms with E-state index >= 15 is 0 Å². The smallest absolute Gasteiger partial charge is 0.224 e. The summed E-state index contributed by atoms with van der Waals surface area (Å²) in [7, 11) is 0. The maximum absolute atomic E-state index is 11.4. The van der Waals surface area contributed by atoms with Crippen LogP contribution < -0.4 is 10.1 Å². The molecule has 3 nitrogen and oxygen atoms in total. The Morgan fingerprint density at radius 3 is 2.56 bits per heavy atom. The molecule has 1 amide bonds. The zero-order valence-electron chi connectivity index (χ0n) is 16.4. The summed E-state index contributed by atoms with van der Waals surface area (Å²) in [4.78, 5) is 11.4. The van der Waals surface area contributed by atoms with E-state index in [0.29, 0.717) is 13.0 Å². The minimum Gasteiger partial charge on any atom is -0.494 e. The van der Waals surface area contributed by atoms with Crippen molar-refractivity contribution in [2.75, 3.05) is 11.9 Å². The zero-order chi connectivity index (χ0) is 19.4. The summed E-state index contributed by atoms with van der Waals surface area (Å²) in [5.74, 6) is 0.960. The van der Waals surface area contributed by atoms with Crippen molar-refractivity contribution in [3.05, 3.63) is 59.2 Å². The van der Waals surface area contributed by atoms with Crippen molar-refractivity contribution in [3.8, 4) is 5.75 Å². The normalized spacial score (nSPS) is 15.0. The van der Waals surface area contributed by atoms with Crippen LogP contribution in [0.15, 0.2) is 42.5 Å². The van der Waals surface area contributed by atoms with E-state index in [1.807, 2.05) is 18.2 Å². The summed E-state index contributed by atoms with van der Waals surface area (Å²) in [6.07, 6.45) is 3.25. The molecule has 4 heteroatoms. The van der Waals surface area contributed by atoms with Crippen LogP contribution in [-0.4, -0.2) is 12.5 Å². The molecule has 0 bridgehead atoms. The Balaban J connectivity index is 1.46. The van der Waals surface area contributed by atoms with Crippen LogP contribution in [-0.2, 0) is 16.6 Å². The number of nitrogens with one attached hydrogen (secondary N) is 1. The van der Waals surface area contributed by atoms with Gasteiger partial charge >= 0.3 is 0 Å². The number of anilines is 1. The van der Waals surface area contributed by atoms with Gasteiger partial charge in [-0.2, -0.15) is 12.6 Å². The third-order valence-electron chi connectivity index (χ3n) is 5.02. The second-order valence-corrected chi connectivity index (χ2v) is 8.87. The van der Waals surface area contributed by atoms with Gasteiger partial charge in [0.2, 0.25) is 5.91 Å². The first-order valence-corrected chi connectivity index (χ1v) is 10.2. The molecule has 1 aliphatic heterocycles. The topological polar surface area (TPSA) is 38.3 Å². The third-order valence-corrected chi connectivity index (χ3v) is 5.58. The van der Waals surface area contributed by atoms with E-state index in [2.05, 4.69) is 50.4 Å². The molecule has 27 heavy (non-hydrogen) atoms. The van der Waals surface area contributed by atoms with Crippen LogP contribution in [0.4, 0.5) is 5.69 Å². The first-order chi connectivity index (χ1) is 12.8. The van der Waals surface area contributed by atoms with Crippen molar-refractivity contribution in [1.29, 1.82) is 0 Å². The van der Waals surface area contributed by atoms with Crippen LogP contribution in [0.3, 0.4) is 0 Å². The maximum atomic E-state index is 11.4. The molecule has 0 saturated heterocycles. The van der Waals surface area contributed by atoms with Gasteiger partial charge in [0.15, 0.2) is 0 Å². The van der Waals surface area contributed by atoms with Crippen LogP contribution in [0.1, 0.15) is 62.0 Å². The molecule has 0 aromatic heterocycles. The van der Waals surface area contributed by atoms with Crippen LogP contribution in [0.25, 0.3) is 0 Å². The molecule has 0 fully saturated rings. The summed E-state index contributed by atoms with van der Waals surface area (Å²) in [6.45, 7) is 7.35. The van der Waals surface area contributed by atoms with Crippen molar-refractivity contribution in [1.82, 2.24) is 0 Å². The Kier molecular flexibility index (Phi) is 6.15. The molecule has 1 heterocycles. The summed E-state index contributed by atoms with van der Waals surface area (Å²) < 4.78 is 5.90. The lowest BCUT2D eigenvalue weighted by atomic mass is 9.86. The van der Waals surface area contributed by atoms with Crippen molar-refractivity contribution >= 4 is 24.2 Å². The molecule has 144 valence electrons. The molecular formula is C23H29NO2S. The van der Waals surface area contributed by atoms with Crippen LogP contribution >= 0.6 is 12.6 Å². The van der Waals surface area contributed by atoms with E-state index in [1.165, 1.54) is 11.1 Å². The van der Waals surface area contributed by atoms with Crippen molar-refractivity contribution < 1.29 is 9.53 Å². The fourth-order valence-electron chi connectivity index (χ4n) is 3.29. The highest BCUT2D eigenvalue weighted by molar-refractivity contribution is 7.80. The first kappa shape index (κ1) is 19.8. The van der Waals surface area contributed by atoms with Gasteiger partial charge in [-0.05, 0) is 59.6 Å². The molecule has 0 spiro atoms. The molecule has 1 aliphatic rings. The lowest BCUT2D eigenvalue weighted by Crippen LogP contribution is -2.18. The van der Waals surface area contributed by atoms with Gasteiger partial charge < -0.3 is 10.1 Å². The van der Waals surface area contributed by atoms with Gasteiger partial charge in [-0.15, -0.1) is 0 Å². The number of aryl methyl sites for hydroxylation is 1. The van der Waals surface area contributed by atoms with Crippen molar-refractivity contribution in [3.63, 3.8) is 0 Å². The van der Waals surface area contributed by atoms with E-state index in [4.69, 9.17) is 17.4 Å². The molecule has 0 saturated carbocycles. The van der Waals surface area contributed by atoms with Gasteiger partial charge in [0.1, 0.15) is 5.75 Å². The highest BCUT2D eigenvalue weighted by Gasteiger charge is 2.16. The van der Waals surface area contributed by atoms with E-state index in [9.17, 15) is 4.79 Å². The SMILES string of the molecule is CC(C)(C)c1ccc(C(S)CCCOc2ccc3c(c2)CCC(=O)N3)cc1. The monoisotopic (exact) mass is 383 g/mol. The predicted octanol–water partition coefficient (Wildman–Crippen LogP) is 5.70. The number of fused-ring (bicyclic) bond motifs is 1. The van der Waals surface area contributed by atoms with Gasteiger partial charge in [0, 0.05) is 17.4 Å². The lowest BCUT2D eigenvalue weighted by Gasteiger charge is -2.20. The molecule has 2 aromatic carbocycles. The molecule has 0 aliphatic carbocycles. The molecule has 0 radical (unpaired) electrons. The highest BCUT2D eigenvalue weighted by Crippen LogP contribution is 2.29. The number of amides is 1. The number of carbonyl (C=O) groups excluding carboxylic acids is 1. The number of thiol groups is 1. The zero-order valence-corrected chi connectivity index (χ0v) is 17.3. The predicted molar refractivity (Wildman–Crippen MR) is 115 cm³/mol. The Morgan fingerprint density at radius 2 is 1.85 bits per heavy atom. The van der Waals surface area contributed by atoms with Crippen LogP contribution in [0, 0.1) is 0 Å². The molecule has 1 N–H and O–H groups in total.